The molecule has 0 aliphatic heterocycles. The van der Waals surface area contributed by atoms with Crippen LogP contribution in [0.25, 0.3) is 0 Å². The predicted molar refractivity (Wildman–Crippen MR) is 115 cm³/mol. The van der Waals surface area contributed by atoms with Crippen LogP contribution < -0.4 is 10.6 Å². The molecule has 3 N–H and O–H groups in total. The van der Waals surface area contributed by atoms with E-state index in [9.17, 15) is 5.11 Å². The Morgan fingerprint density at radius 2 is 2.16 bits per heavy atom. The van der Waals surface area contributed by atoms with Crippen LogP contribution in [0.1, 0.15) is 24.5 Å². The third kappa shape index (κ3) is 7.62. The SMILES string of the molecule is C=C(C)CNC(=NCC(C)(O)c1cccs1)NCCc1ccco1.I. The van der Waals surface area contributed by atoms with Gasteiger partial charge in [0.05, 0.1) is 12.8 Å². The number of nitrogens with one attached hydrogen (secondary N) is 2. The molecule has 2 heterocycles. The highest BCUT2D eigenvalue weighted by atomic mass is 127. The number of aliphatic imine (C=N–C) groups is 1. The van der Waals surface area contributed by atoms with Gasteiger partial charge < -0.3 is 20.2 Å². The summed E-state index contributed by atoms with van der Waals surface area (Å²) in [6, 6.07) is 7.68. The number of rotatable bonds is 8. The van der Waals surface area contributed by atoms with E-state index in [2.05, 4.69) is 22.2 Å². The van der Waals surface area contributed by atoms with Crippen molar-refractivity contribution in [2.75, 3.05) is 19.6 Å². The monoisotopic (exact) mass is 475 g/mol. The first-order valence-corrected chi connectivity index (χ1v) is 8.80. The summed E-state index contributed by atoms with van der Waals surface area (Å²) in [5.41, 5.74) is 0.0352. The Morgan fingerprint density at radius 1 is 1.36 bits per heavy atom. The normalized spacial score (nSPS) is 13.6. The second-order valence-electron chi connectivity index (χ2n) is 5.98. The second-order valence-corrected chi connectivity index (χ2v) is 6.93. The van der Waals surface area contributed by atoms with Crippen molar-refractivity contribution in [3.05, 3.63) is 58.7 Å². The standard InChI is InChI=1S/C18H25N3O2S.HI/c1-14(2)12-20-17(19-9-8-15-6-4-10-23-15)21-13-18(3,22)16-7-5-11-24-16;/h4-7,10-11,22H,1,8-9,12-13H2,2-3H3,(H2,19,20,21);1H. The lowest BCUT2D eigenvalue weighted by Gasteiger charge is -2.20. The average Bonchev–Trinajstić information content (AvgIpc) is 3.22. The predicted octanol–water partition coefficient (Wildman–Crippen LogP) is 3.52. The molecule has 0 saturated carbocycles. The number of halogens is 1. The highest BCUT2D eigenvalue weighted by Crippen LogP contribution is 2.25. The summed E-state index contributed by atoms with van der Waals surface area (Å²) in [6.45, 7) is 9.22. The molecule has 0 saturated heterocycles. The maximum absolute atomic E-state index is 10.6. The van der Waals surface area contributed by atoms with Gasteiger partial charge in [-0.25, -0.2) is 4.99 Å². The Bertz CT molecular complexity index is 652. The molecule has 0 bridgehead atoms. The number of thiophene rings is 1. The Kier molecular flexibility index (Phi) is 9.23. The van der Waals surface area contributed by atoms with Gasteiger partial charge in [0.15, 0.2) is 5.96 Å². The Balaban J connectivity index is 0.00000312. The van der Waals surface area contributed by atoms with Gasteiger partial charge in [0.1, 0.15) is 11.4 Å². The Morgan fingerprint density at radius 3 is 2.76 bits per heavy atom. The van der Waals surface area contributed by atoms with E-state index in [1.165, 1.54) is 11.3 Å². The first-order valence-electron chi connectivity index (χ1n) is 7.93. The van der Waals surface area contributed by atoms with Crippen LogP contribution in [-0.2, 0) is 12.0 Å². The molecule has 7 heteroatoms. The lowest BCUT2D eigenvalue weighted by molar-refractivity contribution is 0.0711. The fraction of sp³-hybridized carbons (Fsp3) is 0.389. The zero-order chi connectivity index (χ0) is 17.4. The number of aliphatic hydroxyl groups is 1. The van der Waals surface area contributed by atoms with Crippen molar-refractivity contribution in [3.63, 3.8) is 0 Å². The summed E-state index contributed by atoms with van der Waals surface area (Å²) in [6.07, 6.45) is 2.43. The fourth-order valence-corrected chi connectivity index (χ4v) is 2.84. The van der Waals surface area contributed by atoms with Crippen molar-refractivity contribution in [1.82, 2.24) is 10.6 Å². The van der Waals surface area contributed by atoms with Crippen LogP contribution in [0, 0.1) is 0 Å². The summed E-state index contributed by atoms with van der Waals surface area (Å²) >= 11 is 1.53. The zero-order valence-electron chi connectivity index (χ0n) is 14.6. The third-order valence-electron chi connectivity index (χ3n) is 3.40. The van der Waals surface area contributed by atoms with Crippen molar-refractivity contribution >= 4 is 41.3 Å². The molecule has 0 aliphatic rings. The van der Waals surface area contributed by atoms with Crippen molar-refractivity contribution in [2.24, 2.45) is 4.99 Å². The molecule has 1 unspecified atom stereocenters. The van der Waals surface area contributed by atoms with Crippen LogP contribution in [-0.4, -0.2) is 30.7 Å². The molecular weight excluding hydrogens is 449 g/mol. The van der Waals surface area contributed by atoms with Crippen molar-refractivity contribution in [1.29, 1.82) is 0 Å². The molecule has 2 aromatic rings. The molecule has 2 rings (SSSR count). The maximum atomic E-state index is 10.6. The van der Waals surface area contributed by atoms with Gasteiger partial charge in [-0.1, -0.05) is 18.2 Å². The van der Waals surface area contributed by atoms with Crippen molar-refractivity contribution in [3.8, 4) is 0 Å². The van der Waals surface area contributed by atoms with Gasteiger partial charge in [-0.15, -0.1) is 35.3 Å². The second kappa shape index (κ2) is 10.6. The van der Waals surface area contributed by atoms with Crippen molar-refractivity contribution in [2.45, 2.75) is 25.9 Å². The van der Waals surface area contributed by atoms with E-state index < -0.39 is 5.60 Å². The van der Waals surface area contributed by atoms with Crippen LogP contribution in [0.15, 0.2) is 57.5 Å². The first-order chi connectivity index (χ1) is 11.5. The molecular formula is C18H26IN3O2S. The van der Waals surface area contributed by atoms with E-state index >= 15 is 0 Å². The topological polar surface area (TPSA) is 69.8 Å². The number of hydrogen-bond donors (Lipinski definition) is 3. The molecule has 0 amide bonds. The summed E-state index contributed by atoms with van der Waals surface area (Å²) in [5.74, 6) is 1.58. The molecule has 25 heavy (non-hydrogen) atoms. The molecule has 0 radical (unpaired) electrons. The summed E-state index contributed by atoms with van der Waals surface area (Å²) in [4.78, 5) is 5.43. The average molecular weight is 475 g/mol. The molecule has 0 aromatic carbocycles. The van der Waals surface area contributed by atoms with E-state index in [1.54, 1.807) is 13.2 Å². The summed E-state index contributed by atoms with van der Waals surface area (Å²) < 4.78 is 5.32. The minimum atomic E-state index is -0.979. The van der Waals surface area contributed by atoms with E-state index in [0.29, 0.717) is 19.0 Å². The fourth-order valence-electron chi connectivity index (χ4n) is 2.06. The Hall–Kier alpha value is -1.32. The first kappa shape index (κ1) is 21.7. The van der Waals surface area contributed by atoms with Crippen LogP contribution in [0.3, 0.4) is 0 Å². The molecule has 0 fully saturated rings. The summed E-state index contributed by atoms with van der Waals surface area (Å²) in [5, 5.41) is 19.0. The number of furan rings is 1. The summed E-state index contributed by atoms with van der Waals surface area (Å²) in [7, 11) is 0. The van der Waals surface area contributed by atoms with Gasteiger partial charge in [0, 0.05) is 24.4 Å². The van der Waals surface area contributed by atoms with Gasteiger partial charge in [0.2, 0.25) is 0 Å². The number of nitrogens with zero attached hydrogens (tertiary/aromatic N) is 1. The van der Waals surface area contributed by atoms with Crippen LogP contribution >= 0.6 is 35.3 Å². The molecule has 5 nitrogen and oxygen atoms in total. The molecule has 1 atom stereocenters. The number of guanidine groups is 1. The van der Waals surface area contributed by atoms with Gasteiger partial charge in [-0.3, -0.25) is 0 Å². The quantitative estimate of drug-likeness (QED) is 0.237. The van der Waals surface area contributed by atoms with Gasteiger partial charge in [0.25, 0.3) is 0 Å². The van der Waals surface area contributed by atoms with Gasteiger partial charge >= 0.3 is 0 Å². The van der Waals surface area contributed by atoms with Gasteiger partial charge in [-0.05, 0) is 37.4 Å². The third-order valence-corrected chi connectivity index (χ3v) is 4.52. The molecule has 2 aromatic heterocycles. The van der Waals surface area contributed by atoms with Gasteiger partial charge in [-0.2, -0.15) is 0 Å². The largest absolute Gasteiger partial charge is 0.469 e. The van der Waals surface area contributed by atoms with Crippen LogP contribution in [0.5, 0.6) is 0 Å². The van der Waals surface area contributed by atoms with E-state index in [4.69, 9.17) is 4.42 Å². The molecule has 138 valence electrons. The highest BCUT2D eigenvalue weighted by molar-refractivity contribution is 14.0. The van der Waals surface area contributed by atoms with E-state index in [1.807, 2.05) is 36.6 Å². The van der Waals surface area contributed by atoms with E-state index in [0.717, 1.165) is 22.6 Å². The minimum Gasteiger partial charge on any atom is -0.469 e. The lowest BCUT2D eigenvalue weighted by Crippen LogP contribution is -2.40. The zero-order valence-corrected chi connectivity index (χ0v) is 17.8. The smallest absolute Gasteiger partial charge is 0.191 e. The number of hydrogen-bond acceptors (Lipinski definition) is 4. The maximum Gasteiger partial charge on any atom is 0.191 e. The van der Waals surface area contributed by atoms with E-state index in [-0.39, 0.29) is 30.5 Å². The minimum absolute atomic E-state index is 0. The molecule has 0 aliphatic carbocycles. The molecule has 0 spiro atoms. The van der Waals surface area contributed by atoms with Crippen molar-refractivity contribution < 1.29 is 9.52 Å². The Labute approximate surface area is 170 Å². The van der Waals surface area contributed by atoms with Crippen LogP contribution in [0.4, 0.5) is 0 Å². The van der Waals surface area contributed by atoms with Crippen LogP contribution in [0.2, 0.25) is 0 Å². The lowest BCUT2D eigenvalue weighted by atomic mass is 10.1. The highest BCUT2D eigenvalue weighted by Gasteiger charge is 2.24.